The Morgan fingerprint density at radius 2 is 1.82 bits per heavy atom. The normalized spacial score (nSPS) is 16.3. The number of hydrogen-bond donors (Lipinski definition) is 1. The number of carbonyl (C=O) groups is 1. The van der Waals surface area contributed by atoms with Crippen LogP contribution in [0.5, 0.6) is 0 Å². The van der Waals surface area contributed by atoms with Gasteiger partial charge in [0.2, 0.25) is 0 Å². The number of rotatable bonds is 12. The standard InChI is InChI=1S/C14H25F3O5/c1-10(20-2)12(19)8-11(4-6-18)13(21-3)5-7-22-9-14(15,16)17/h10-11,13,18H,4-9H2,1-3H3/t10-,11?,13+/m0/s1. The van der Waals surface area contributed by atoms with Crippen molar-refractivity contribution in [1.82, 2.24) is 0 Å². The zero-order chi connectivity index (χ0) is 17.2. The fourth-order valence-electron chi connectivity index (χ4n) is 2.07. The zero-order valence-corrected chi connectivity index (χ0v) is 13.2. The van der Waals surface area contributed by atoms with E-state index < -0.39 is 25.0 Å². The first-order chi connectivity index (χ1) is 10.2. The molecule has 0 spiro atoms. The molecular weight excluding hydrogens is 305 g/mol. The van der Waals surface area contributed by atoms with Gasteiger partial charge in [0.25, 0.3) is 0 Å². The largest absolute Gasteiger partial charge is 0.411 e. The summed E-state index contributed by atoms with van der Waals surface area (Å²) < 4.78 is 50.7. The summed E-state index contributed by atoms with van der Waals surface area (Å²) in [5.74, 6) is -0.436. The Labute approximate surface area is 128 Å². The second-order valence-electron chi connectivity index (χ2n) is 5.05. The molecule has 0 aromatic heterocycles. The molecule has 0 radical (unpaired) electrons. The number of alkyl halides is 3. The highest BCUT2D eigenvalue weighted by Gasteiger charge is 2.29. The second kappa shape index (κ2) is 10.9. The lowest BCUT2D eigenvalue weighted by atomic mass is 9.90. The topological polar surface area (TPSA) is 65.0 Å². The van der Waals surface area contributed by atoms with E-state index >= 15 is 0 Å². The number of halogens is 3. The van der Waals surface area contributed by atoms with Crippen molar-refractivity contribution in [3.8, 4) is 0 Å². The van der Waals surface area contributed by atoms with Crippen molar-refractivity contribution in [2.75, 3.05) is 34.0 Å². The van der Waals surface area contributed by atoms with Crippen LogP contribution in [0.15, 0.2) is 0 Å². The molecule has 0 aliphatic carbocycles. The SMILES string of the molecule is CO[C@@H](C)C(=O)CC(CCO)[C@@H](CCOCC(F)(F)F)OC. The minimum absolute atomic E-state index is 0.131. The van der Waals surface area contributed by atoms with E-state index in [-0.39, 0.29) is 37.8 Å². The number of ketones is 1. The number of aliphatic hydroxyl groups excluding tert-OH is 1. The van der Waals surface area contributed by atoms with Crippen LogP contribution < -0.4 is 0 Å². The Hall–Kier alpha value is -0.700. The van der Waals surface area contributed by atoms with Crippen LogP contribution in [0.1, 0.15) is 26.2 Å². The van der Waals surface area contributed by atoms with Gasteiger partial charge in [-0.05, 0) is 25.7 Å². The molecule has 5 nitrogen and oxygen atoms in total. The maximum absolute atomic E-state index is 12.0. The van der Waals surface area contributed by atoms with Crippen LogP contribution in [-0.4, -0.2) is 63.3 Å². The van der Waals surface area contributed by atoms with Gasteiger partial charge in [0.1, 0.15) is 12.7 Å². The zero-order valence-electron chi connectivity index (χ0n) is 13.2. The van der Waals surface area contributed by atoms with Crippen molar-refractivity contribution in [2.45, 2.75) is 44.6 Å². The highest BCUT2D eigenvalue weighted by atomic mass is 19.4. The average Bonchev–Trinajstić information content (AvgIpc) is 2.45. The fraction of sp³-hybridized carbons (Fsp3) is 0.929. The lowest BCUT2D eigenvalue weighted by Crippen LogP contribution is -2.31. The summed E-state index contributed by atoms with van der Waals surface area (Å²) in [6.45, 7) is 0.0386. The number of carbonyl (C=O) groups excluding carboxylic acids is 1. The molecule has 1 N–H and O–H groups in total. The average molecular weight is 330 g/mol. The highest BCUT2D eigenvalue weighted by molar-refractivity contribution is 5.82. The molecule has 0 aromatic rings. The molecule has 0 rings (SSSR count). The summed E-state index contributed by atoms with van der Waals surface area (Å²) in [6.07, 6.45) is -4.73. The molecule has 3 atom stereocenters. The Kier molecular flexibility index (Phi) is 10.6. The van der Waals surface area contributed by atoms with Crippen LogP contribution in [0.25, 0.3) is 0 Å². The molecule has 0 aromatic carbocycles. The van der Waals surface area contributed by atoms with Crippen LogP contribution in [0.4, 0.5) is 13.2 Å². The second-order valence-corrected chi connectivity index (χ2v) is 5.05. The third-order valence-corrected chi connectivity index (χ3v) is 3.41. The lowest BCUT2D eigenvalue weighted by molar-refractivity contribution is -0.175. The first-order valence-corrected chi connectivity index (χ1v) is 7.08. The van der Waals surface area contributed by atoms with E-state index in [0.717, 1.165) is 0 Å². The molecule has 22 heavy (non-hydrogen) atoms. The molecule has 0 aliphatic rings. The van der Waals surface area contributed by atoms with Crippen molar-refractivity contribution in [3.63, 3.8) is 0 Å². The molecule has 1 unspecified atom stereocenters. The molecule has 0 bridgehead atoms. The Bertz CT molecular complexity index is 309. The van der Waals surface area contributed by atoms with Crippen molar-refractivity contribution < 1.29 is 37.3 Å². The number of ether oxygens (including phenoxy) is 3. The van der Waals surface area contributed by atoms with E-state index in [0.29, 0.717) is 6.42 Å². The van der Waals surface area contributed by atoms with Gasteiger partial charge in [0.05, 0.1) is 6.10 Å². The quantitative estimate of drug-likeness (QED) is 0.554. The summed E-state index contributed by atoms with van der Waals surface area (Å²) in [5.41, 5.74) is 0. The Balaban J connectivity index is 4.44. The van der Waals surface area contributed by atoms with E-state index in [2.05, 4.69) is 4.74 Å². The summed E-state index contributed by atoms with van der Waals surface area (Å²) in [7, 11) is 2.84. The van der Waals surface area contributed by atoms with Crippen molar-refractivity contribution in [2.24, 2.45) is 5.92 Å². The smallest absolute Gasteiger partial charge is 0.396 e. The van der Waals surface area contributed by atoms with Gasteiger partial charge >= 0.3 is 6.18 Å². The molecule has 0 heterocycles. The molecule has 132 valence electrons. The minimum atomic E-state index is -4.36. The van der Waals surface area contributed by atoms with Gasteiger partial charge < -0.3 is 19.3 Å². The Morgan fingerprint density at radius 3 is 2.27 bits per heavy atom. The van der Waals surface area contributed by atoms with Crippen LogP contribution >= 0.6 is 0 Å². The van der Waals surface area contributed by atoms with Crippen LogP contribution in [-0.2, 0) is 19.0 Å². The van der Waals surface area contributed by atoms with Crippen LogP contribution in [0.3, 0.4) is 0 Å². The predicted octanol–water partition coefficient (Wildman–Crippen LogP) is 1.96. The number of aliphatic hydroxyl groups is 1. The monoisotopic (exact) mass is 330 g/mol. The first-order valence-electron chi connectivity index (χ1n) is 7.08. The summed E-state index contributed by atoms with van der Waals surface area (Å²) in [6, 6.07) is 0. The fourth-order valence-corrected chi connectivity index (χ4v) is 2.07. The van der Waals surface area contributed by atoms with Gasteiger partial charge in [-0.15, -0.1) is 0 Å². The summed E-state index contributed by atoms with van der Waals surface area (Å²) in [4.78, 5) is 11.9. The van der Waals surface area contributed by atoms with Crippen molar-refractivity contribution >= 4 is 5.78 Å². The maximum atomic E-state index is 12.0. The number of methoxy groups -OCH3 is 2. The third kappa shape index (κ3) is 9.34. The molecule has 8 heteroatoms. The first kappa shape index (κ1) is 21.3. The Morgan fingerprint density at radius 1 is 1.18 bits per heavy atom. The van der Waals surface area contributed by atoms with Crippen molar-refractivity contribution in [1.29, 1.82) is 0 Å². The van der Waals surface area contributed by atoms with Gasteiger partial charge in [-0.2, -0.15) is 13.2 Å². The van der Waals surface area contributed by atoms with E-state index in [1.807, 2.05) is 0 Å². The lowest BCUT2D eigenvalue weighted by Gasteiger charge is -2.26. The van der Waals surface area contributed by atoms with Gasteiger partial charge in [-0.25, -0.2) is 0 Å². The maximum Gasteiger partial charge on any atom is 0.411 e. The molecule has 0 fully saturated rings. The third-order valence-electron chi connectivity index (χ3n) is 3.41. The van der Waals surface area contributed by atoms with Gasteiger partial charge in [0.15, 0.2) is 5.78 Å². The molecule has 0 saturated carbocycles. The van der Waals surface area contributed by atoms with Crippen LogP contribution in [0.2, 0.25) is 0 Å². The highest BCUT2D eigenvalue weighted by Crippen LogP contribution is 2.21. The van der Waals surface area contributed by atoms with Gasteiger partial charge in [-0.3, -0.25) is 4.79 Å². The van der Waals surface area contributed by atoms with E-state index in [9.17, 15) is 18.0 Å². The molecular formula is C14H25F3O5. The molecule has 0 aliphatic heterocycles. The van der Waals surface area contributed by atoms with E-state index in [4.69, 9.17) is 14.6 Å². The van der Waals surface area contributed by atoms with Gasteiger partial charge in [-0.1, -0.05) is 0 Å². The molecule has 0 saturated heterocycles. The summed E-state index contributed by atoms with van der Waals surface area (Å²) in [5, 5.41) is 9.09. The number of hydrogen-bond acceptors (Lipinski definition) is 5. The van der Waals surface area contributed by atoms with E-state index in [1.165, 1.54) is 14.2 Å². The summed E-state index contributed by atoms with van der Waals surface area (Å²) >= 11 is 0. The predicted molar refractivity (Wildman–Crippen MR) is 73.6 cm³/mol. The number of Topliss-reactive ketones (excluding diaryl/α,β-unsaturated/α-hetero) is 1. The minimum Gasteiger partial charge on any atom is -0.396 e. The molecule has 0 amide bonds. The van der Waals surface area contributed by atoms with Crippen LogP contribution in [0, 0.1) is 5.92 Å². The van der Waals surface area contributed by atoms with Crippen molar-refractivity contribution in [3.05, 3.63) is 0 Å². The van der Waals surface area contributed by atoms with Gasteiger partial charge in [0, 0.05) is 33.9 Å². The van der Waals surface area contributed by atoms with E-state index in [1.54, 1.807) is 6.92 Å².